The number of carbonyl (C=O) groups excluding carboxylic acids is 4. The van der Waals surface area contributed by atoms with Crippen molar-refractivity contribution in [1.29, 1.82) is 0 Å². The molecular formula is C41H50N4O6. The van der Waals surface area contributed by atoms with Gasteiger partial charge in [0.05, 0.1) is 18.2 Å². The van der Waals surface area contributed by atoms with Crippen LogP contribution in [0, 0.1) is 5.92 Å². The first kappa shape index (κ1) is 37.3. The Kier molecular flexibility index (Phi) is 13.0. The van der Waals surface area contributed by atoms with Crippen molar-refractivity contribution in [1.82, 2.24) is 20.5 Å². The van der Waals surface area contributed by atoms with Gasteiger partial charge in [0, 0.05) is 50.0 Å². The summed E-state index contributed by atoms with van der Waals surface area (Å²) in [5, 5.41) is 7.14. The number of methoxy groups -OCH3 is 1. The minimum Gasteiger partial charge on any atom is -0.445 e. The molecule has 10 nitrogen and oxygen atoms in total. The summed E-state index contributed by atoms with van der Waals surface area (Å²) in [6, 6.07) is 23.2. The molecule has 0 bridgehead atoms. The maximum Gasteiger partial charge on any atom is 0.410 e. The van der Waals surface area contributed by atoms with Crippen molar-refractivity contribution in [2.75, 3.05) is 14.2 Å². The van der Waals surface area contributed by atoms with Crippen LogP contribution in [0.3, 0.4) is 0 Å². The summed E-state index contributed by atoms with van der Waals surface area (Å²) in [7, 11) is 3.13. The zero-order chi connectivity index (χ0) is 36.3. The van der Waals surface area contributed by atoms with E-state index in [4.69, 9.17) is 9.47 Å². The maximum absolute atomic E-state index is 14.3. The molecule has 1 aliphatic carbocycles. The molecule has 5 atom stereocenters. The fourth-order valence-corrected chi connectivity index (χ4v) is 6.67. The number of aromatic amines is 1. The molecule has 0 fully saturated rings. The van der Waals surface area contributed by atoms with Crippen molar-refractivity contribution in [3.63, 3.8) is 0 Å². The highest BCUT2D eigenvalue weighted by molar-refractivity contribution is 5.95. The Morgan fingerprint density at radius 1 is 0.922 bits per heavy atom. The summed E-state index contributed by atoms with van der Waals surface area (Å²) in [4.78, 5) is 59.4. The number of ether oxygens (including phenoxy) is 2. The van der Waals surface area contributed by atoms with Gasteiger partial charge in [0.15, 0.2) is 5.78 Å². The highest BCUT2D eigenvalue weighted by Gasteiger charge is 2.33. The molecule has 1 aromatic heterocycles. The molecular weight excluding hydrogens is 644 g/mol. The lowest BCUT2D eigenvalue weighted by Crippen LogP contribution is -2.52. The molecule has 0 aliphatic heterocycles. The van der Waals surface area contributed by atoms with E-state index in [1.165, 1.54) is 17.5 Å². The van der Waals surface area contributed by atoms with Crippen LogP contribution in [0.1, 0.15) is 74.2 Å². The SMILES string of the molecule is COC(C)CCC(CC(=O)[C@H](Cc1c[nH]c2ccccc12)NC(=O)[C@H](C)N(C)C(=O)OCc1ccccc1)C(=O)N[C@@H]1CCCc2ccccc21. The molecule has 0 saturated heterocycles. The Labute approximate surface area is 300 Å². The van der Waals surface area contributed by atoms with E-state index in [9.17, 15) is 19.2 Å². The number of benzene rings is 3. The lowest BCUT2D eigenvalue weighted by atomic mass is 9.86. The summed E-state index contributed by atoms with van der Waals surface area (Å²) in [6.07, 6.45) is 5.06. The van der Waals surface area contributed by atoms with Crippen LogP contribution in [0.5, 0.6) is 0 Å². The predicted molar refractivity (Wildman–Crippen MR) is 197 cm³/mol. The molecule has 1 heterocycles. The van der Waals surface area contributed by atoms with E-state index in [1.54, 1.807) is 14.0 Å². The summed E-state index contributed by atoms with van der Waals surface area (Å²) in [5.41, 5.74) is 4.96. The average Bonchev–Trinajstić information content (AvgIpc) is 3.57. The molecule has 10 heteroatoms. The summed E-state index contributed by atoms with van der Waals surface area (Å²) < 4.78 is 10.9. The van der Waals surface area contributed by atoms with Gasteiger partial charge in [0.1, 0.15) is 12.6 Å². The van der Waals surface area contributed by atoms with E-state index in [0.717, 1.165) is 46.9 Å². The number of amides is 3. The molecule has 0 spiro atoms. The van der Waals surface area contributed by atoms with E-state index < -0.39 is 30.0 Å². The molecule has 3 N–H and O–H groups in total. The number of nitrogens with zero attached hydrogens (tertiary/aromatic N) is 1. The molecule has 3 amide bonds. The smallest absolute Gasteiger partial charge is 0.410 e. The monoisotopic (exact) mass is 694 g/mol. The van der Waals surface area contributed by atoms with Gasteiger partial charge in [-0.15, -0.1) is 0 Å². The highest BCUT2D eigenvalue weighted by atomic mass is 16.6. The zero-order valence-corrected chi connectivity index (χ0v) is 30.0. The van der Waals surface area contributed by atoms with Gasteiger partial charge in [-0.1, -0.05) is 72.8 Å². The predicted octanol–water partition coefficient (Wildman–Crippen LogP) is 6.44. The van der Waals surface area contributed by atoms with Gasteiger partial charge in [-0.25, -0.2) is 4.79 Å². The van der Waals surface area contributed by atoms with Gasteiger partial charge >= 0.3 is 6.09 Å². The van der Waals surface area contributed by atoms with Gasteiger partial charge in [-0.3, -0.25) is 19.3 Å². The van der Waals surface area contributed by atoms with Gasteiger partial charge in [0.25, 0.3) is 0 Å². The first-order valence-electron chi connectivity index (χ1n) is 17.9. The molecule has 2 unspecified atom stereocenters. The average molecular weight is 695 g/mol. The van der Waals surface area contributed by atoms with Crippen molar-refractivity contribution in [3.05, 3.63) is 107 Å². The number of hydrogen-bond donors (Lipinski definition) is 3. The Bertz CT molecular complexity index is 1790. The van der Waals surface area contributed by atoms with E-state index in [-0.39, 0.29) is 43.3 Å². The standard InChI is InChI=1S/C41H50N4O6/c1-27(50-4)21-22-31(40(48)43-36-20-12-16-30-15-8-9-17-33(30)36)24-38(46)37(23-32-25-42-35-19-11-10-18-34(32)35)44-39(47)28(2)45(3)41(49)51-26-29-13-6-5-7-14-29/h5-11,13-15,17-19,25,27-28,31,36-37,42H,12,16,20-24,26H2,1-4H3,(H,43,48)(H,44,47)/t27?,28-,31?,36+,37-/m0/s1. The number of ketones is 1. The maximum atomic E-state index is 14.3. The number of carbonyl (C=O) groups is 4. The van der Waals surface area contributed by atoms with Crippen LogP contribution in [-0.2, 0) is 43.3 Å². The molecule has 51 heavy (non-hydrogen) atoms. The van der Waals surface area contributed by atoms with Crippen LogP contribution in [0.15, 0.2) is 85.1 Å². The second-order valence-electron chi connectivity index (χ2n) is 13.6. The van der Waals surface area contributed by atoms with Crippen LogP contribution >= 0.6 is 0 Å². The third-order valence-electron chi connectivity index (χ3n) is 10.1. The minimum atomic E-state index is -0.946. The minimum absolute atomic E-state index is 0.0622. The summed E-state index contributed by atoms with van der Waals surface area (Å²) in [5.74, 6) is -1.57. The van der Waals surface area contributed by atoms with Crippen LogP contribution in [0.25, 0.3) is 10.9 Å². The molecule has 3 aromatic carbocycles. The van der Waals surface area contributed by atoms with E-state index in [0.29, 0.717) is 12.8 Å². The number of aromatic nitrogens is 1. The van der Waals surface area contributed by atoms with Gasteiger partial charge in [0.2, 0.25) is 11.8 Å². The van der Waals surface area contributed by atoms with Crippen molar-refractivity contribution < 1.29 is 28.7 Å². The number of Topliss-reactive ketones (excluding diaryl/α,β-unsaturated/α-hetero) is 1. The highest BCUT2D eigenvalue weighted by Crippen LogP contribution is 2.30. The molecule has 270 valence electrons. The summed E-state index contributed by atoms with van der Waals surface area (Å²) in [6.45, 7) is 3.60. The fourth-order valence-electron chi connectivity index (χ4n) is 6.67. The normalized spacial score (nSPS) is 16.3. The molecule has 4 aromatic rings. The first-order valence-corrected chi connectivity index (χ1v) is 17.9. The van der Waals surface area contributed by atoms with Crippen molar-refractivity contribution in [3.8, 4) is 0 Å². The lowest BCUT2D eigenvalue weighted by molar-refractivity contribution is -0.133. The lowest BCUT2D eigenvalue weighted by Gasteiger charge is -2.29. The number of para-hydroxylation sites is 1. The first-order chi connectivity index (χ1) is 24.6. The Morgan fingerprint density at radius 3 is 2.43 bits per heavy atom. The van der Waals surface area contributed by atoms with Crippen LogP contribution in [0.2, 0.25) is 0 Å². The zero-order valence-electron chi connectivity index (χ0n) is 30.0. The third kappa shape index (κ3) is 9.85. The van der Waals surface area contributed by atoms with Crippen LogP contribution in [0.4, 0.5) is 4.79 Å². The molecule has 0 radical (unpaired) electrons. The van der Waals surface area contributed by atoms with E-state index >= 15 is 0 Å². The van der Waals surface area contributed by atoms with Gasteiger partial charge < -0.3 is 25.1 Å². The topological polar surface area (TPSA) is 130 Å². The van der Waals surface area contributed by atoms with Crippen molar-refractivity contribution in [2.45, 2.75) is 89.6 Å². The second kappa shape index (κ2) is 17.8. The number of likely N-dealkylation sites (N-methyl/N-ethyl adjacent to an activating group) is 1. The van der Waals surface area contributed by atoms with Crippen molar-refractivity contribution >= 4 is 34.6 Å². The third-order valence-corrected chi connectivity index (χ3v) is 10.1. The number of nitrogens with one attached hydrogen (secondary N) is 3. The number of hydrogen-bond acceptors (Lipinski definition) is 6. The van der Waals surface area contributed by atoms with Crippen molar-refractivity contribution in [2.24, 2.45) is 5.92 Å². The molecule has 0 saturated carbocycles. The number of rotatable bonds is 16. The van der Waals surface area contributed by atoms with Gasteiger partial charge in [-0.05, 0) is 74.3 Å². The van der Waals surface area contributed by atoms with Gasteiger partial charge in [-0.2, -0.15) is 0 Å². The Balaban J connectivity index is 1.33. The largest absolute Gasteiger partial charge is 0.445 e. The number of fused-ring (bicyclic) bond motifs is 2. The number of aryl methyl sites for hydroxylation is 1. The van der Waals surface area contributed by atoms with Crippen LogP contribution < -0.4 is 10.6 Å². The summed E-state index contributed by atoms with van der Waals surface area (Å²) >= 11 is 0. The quantitative estimate of drug-likeness (QED) is 0.124. The van der Waals surface area contributed by atoms with E-state index in [1.807, 2.05) is 79.9 Å². The molecule has 5 rings (SSSR count). The fraction of sp³-hybridized carbons (Fsp3) is 0.415. The Morgan fingerprint density at radius 2 is 1.65 bits per heavy atom. The van der Waals surface area contributed by atoms with Crippen LogP contribution in [-0.4, -0.2) is 65.9 Å². The van der Waals surface area contributed by atoms with E-state index in [2.05, 4.69) is 27.8 Å². The second-order valence-corrected chi connectivity index (χ2v) is 13.6. The number of H-pyrrole nitrogens is 1. The Hall–Kier alpha value is -4.96. The molecule has 1 aliphatic rings.